The van der Waals surface area contributed by atoms with Gasteiger partial charge in [0, 0.05) is 33.0 Å². The van der Waals surface area contributed by atoms with Crippen molar-refractivity contribution in [3.63, 3.8) is 0 Å². The summed E-state index contributed by atoms with van der Waals surface area (Å²) >= 11 is 4.21. The number of piperidine rings is 1. The Balaban J connectivity index is 2.04. The van der Waals surface area contributed by atoms with Crippen LogP contribution in [0.4, 0.5) is 0 Å². The summed E-state index contributed by atoms with van der Waals surface area (Å²) < 4.78 is 1.91. The van der Waals surface area contributed by atoms with Gasteiger partial charge in [0.25, 0.3) is 0 Å². The largest absolute Gasteiger partial charge is 0.343 e. The van der Waals surface area contributed by atoms with Crippen LogP contribution in [0.3, 0.4) is 0 Å². The third-order valence-corrected chi connectivity index (χ3v) is 3.58. The fraction of sp³-hybridized carbons (Fsp3) is 0.700. The highest BCUT2D eigenvalue weighted by atomic mass is 32.1. The lowest BCUT2D eigenvalue weighted by Crippen LogP contribution is -2.36. The second-order valence-electron chi connectivity index (χ2n) is 4.20. The predicted molar refractivity (Wildman–Crippen MR) is 62.5 cm³/mol. The maximum absolute atomic E-state index is 11.2. The second-order valence-corrected chi connectivity index (χ2v) is 4.60. The standard InChI is InChI=1S/C10H16N4OS/c1-7(15)14-5-3-8(4-6-14)9-11-12-10(16)13(9)2/h8H,3-6H2,1-2H3,(H,12,16). The Kier molecular flexibility index (Phi) is 3.18. The van der Waals surface area contributed by atoms with Gasteiger partial charge < -0.3 is 9.47 Å². The van der Waals surface area contributed by atoms with Crippen molar-refractivity contribution in [2.24, 2.45) is 7.05 Å². The van der Waals surface area contributed by atoms with Crippen LogP contribution in [0.2, 0.25) is 0 Å². The number of hydrogen-bond donors (Lipinski definition) is 1. The molecule has 0 aromatic carbocycles. The van der Waals surface area contributed by atoms with Gasteiger partial charge in [-0.25, -0.2) is 0 Å². The van der Waals surface area contributed by atoms with Gasteiger partial charge in [-0.05, 0) is 12.8 Å². The van der Waals surface area contributed by atoms with E-state index in [4.69, 9.17) is 0 Å². The van der Waals surface area contributed by atoms with E-state index in [1.165, 1.54) is 0 Å². The molecular weight excluding hydrogens is 224 g/mol. The first-order chi connectivity index (χ1) is 7.59. The highest BCUT2D eigenvalue weighted by Gasteiger charge is 2.25. The number of nitrogens with zero attached hydrogens (tertiary/aromatic N) is 4. The van der Waals surface area contributed by atoms with Crippen molar-refractivity contribution in [2.75, 3.05) is 13.1 Å². The van der Waals surface area contributed by atoms with Crippen molar-refractivity contribution in [1.82, 2.24) is 19.7 Å². The molecule has 16 heavy (non-hydrogen) atoms. The molecule has 6 heteroatoms. The summed E-state index contributed by atoms with van der Waals surface area (Å²) in [4.78, 5) is 13.1. The first kappa shape index (κ1) is 11.4. The molecule has 0 N–H and O–H groups in total. The van der Waals surface area contributed by atoms with Crippen LogP contribution in [0.15, 0.2) is 5.16 Å². The van der Waals surface area contributed by atoms with Gasteiger partial charge in [0.1, 0.15) is 5.82 Å². The minimum absolute atomic E-state index is 0.159. The lowest BCUT2D eigenvalue weighted by atomic mass is 9.96. The molecule has 1 aliphatic heterocycles. The quantitative estimate of drug-likeness (QED) is 0.740. The zero-order valence-corrected chi connectivity index (χ0v) is 10.4. The molecule has 0 saturated carbocycles. The molecule has 1 fully saturated rings. The van der Waals surface area contributed by atoms with E-state index in [0.717, 1.165) is 31.8 Å². The number of rotatable bonds is 1. The highest BCUT2D eigenvalue weighted by molar-refractivity contribution is 7.80. The van der Waals surface area contributed by atoms with Gasteiger partial charge in [0.05, 0.1) is 0 Å². The molecule has 2 heterocycles. The molecule has 0 unspecified atom stereocenters. The summed E-state index contributed by atoms with van der Waals surface area (Å²) in [6.07, 6.45) is 1.92. The van der Waals surface area contributed by atoms with E-state index >= 15 is 0 Å². The average Bonchev–Trinajstić information content (AvgIpc) is 2.60. The Morgan fingerprint density at radius 2 is 2.00 bits per heavy atom. The fourth-order valence-corrected chi connectivity index (χ4v) is 2.29. The van der Waals surface area contributed by atoms with Gasteiger partial charge in [-0.15, -0.1) is 22.8 Å². The molecule has 5 nitrogen and oxygen atoms in total. The third kappa shape index (κ3) is 2.07. The van der Waals surface area contributed by atoms with Gasteiger partial charge >= 0.3 is 0 Å². The Morgan fingerprint density at radius 3 is 2.44 bits per heavy atom. The lowest BCUT2D eigenvalue weighted by Gasteiger charge is -2.30. The van der Waals surface area contributed by atoms with Crippen molar-refractivity contribution in [3.8, 4) is 0 Å². The summed E-state index contributed by atoms with van der Waals surface area (Å²) in [5, 5.41) is 8.73. The van der Waals surface area contributed by atoms with Gasteiger partial charge in [-0.2, -0.15) is 0 Å². The zero-order valence-electron chi connectivity index (χ0n) is 9.55. The number of amides is 1. The minimum Gasteiger partial charge on any atom is -0.343 e. The van der Waals surface area contributed by atoms with Crippen LogP contribution >= 0.6 is 12.6 Å². The van der Waals surface area contributed by atoms with E-state index in [9.17, 15) is 4.79 Å². The molecular formula is C10H16N4OS. The second kappa shape index (κ2) is 4.45. The molecule has 0 atom stereocenters. The third-order valence-electron chi connectivity index (χ3n) is 3.19. The SMILES string of the molecule is CC(=O)N1CCC(c2nnc(S)n2C)CC1. The Labute approximate surface area is 100 Å². The van der Waals surface area contributed by atoms with Crippen molar-refractivity contribution in [1.29, 1.82) is 0 Å². The van der Waals surface area contributed by atoms with Crippen LogP contribution in [0, 0.1) is 0 Å². The van der Waals surface area contributed by atoms with Crippen molar-refractivity contribution >= 4 is 18.5 Å². The van der Waals surface area contributed by atoms with Gasteiger partial charge in [-0.3, -0.25) is 4.79 Å². The Hall–Kier alpha value is -1.04. The molecule has 0 aliphatic carbocycles. The molecule has 0 spiro atoms. The average molecular weight is 240 g/mol. The number of carbonyl (C=O) groups is 1. The number of likely N-dealkylation sites (tertiary alicyclic amines) is 1. The van der Waals surface area contributed by atoms with E-state index < -0.39 is 0 Å². The van der Waals surface area contributed by atoms with Crippen molar-refractivity contribution in [3.05, 3.63) is 5.82 Å². The molecule has 0 bridgehead atoms. The highest BCUT2D eigenvalue weighted by Crippen LogP contribution is 2.27. The maximum atomic E-state index is 11.2. The van der Waals surface area contributed by atoms with E-state index in [1.807, 2.05) is 16.5 Å². The minimum atomic E-state index is 0.159. The molecule has 88 valence electrons. The zero-order chi connectivity index (χ0) is 11.7. The summed E-state index contributed by atoms with van der Waals surface area (Å²) in [7, 11) is 1.93. The number of aromatic nitrogens is 3. The van der Waals surface area contributed by atoms with Crippen LogP contribution in [0.1, 0.15) is 31.5 Å². The Morgan fingerprint density at radius 1 is 1.38 bits per heavy atom. The van der Waals surface area contributed by atoms with Crippen molar-refractivity contribution < 1.29 is 4.79 Å². The van der Waals surface area contributed by atoms with E-state index in [2.05, 4.69) is 22.8 Å². The fourth-order valence-electron chi connectivity index (χ4n) is 2.14. The van der Waals surface area contributed by atoms with Crippen molar-refractivity contribution in [2.45, 2.75) is 30.8 Å². The van der Waals surface area contributed by atoms with Crippen LogP contribution in [0.5, 0.6) is 0 Å². The van der Waals surface area contributed by atoms with Crippen LogP contribution in [-0.2, 0) is 11.8 Å². The Bertz CT molecular complexity index is 396. The van der Waals surface area contributed by atoms with E-state index in [1.54, 1.807) is 6.92 Å². The number of hydrogen-bond acceptors (Lipinski definition) is 4. The molecule has 1 aliphatic rings. The molecule has 1 saturated heterocycles. The normalized spacial score (nSPS) is 17.8. The molecule has 1 amide bonds. The molecule has 2 rings (SSSR count). The van der Waals surface area contributed by atoms with Crippen LogP contribution < -0.4 is 0 Å². The van der Waals surface area contributed by atoms with Gasteiger partial charge in [-0.1, -0.05) is 0 Å². The lowest BCUT2D eigenvalue weighted by molar-refractivity contribution is -0.129. The maximum Gasteiger partial charge on any atom is 0.219 e. The summed E-state index contributed by atoms with van der Waals surface area (Å²) in [5.74, 6) is 1.54. The molecule has 1 aromatic rings. The smallest absolute Gasteiger partial charge is 0.219 e. The van der Waals surface area contributed by atoms with E-state index in [0.29, 0.717) is 11.1 Å². The molecule has 1 aromatic heterocycles. The first-order valence-corrected chi connectivity index (χ1v) is 5.88. The topological polar surface area (TPSA) is 51.0 Å². The van der Waals surface area contributed by atoms with Gasteiger partial charge in [0.15, 0.2) is 5.16 Å². The van der Waals surface area contributed by atoms with Crippen LogP contribution in [-0.4, -0.2) is 38.7 Å². The number of thiol groups is 1. The summed E-state index contributed by atoms with van der Waals surface area (Å²) in [5.41, 5.74) is 0. The summed E-state index contributed by atoms with van der Waals surface area (Å²) in [6, 6.07) is 0. The van der Waals surface area contributed by atoms with Gasteiger partial charge in [0.2, 0.25) is 5.91 Å². The monoisotopic (exact) mass is 240 g/mol. The van der Waals surface area contributed by atoms with E-state index in [-0.39, 0.29) is 5.91 Å². The number of carbonyl (C=O) groups excluding carboxylic acids is 1. The summed E-state index contributed by atoms with van der Waals surface area (Å²) in [6.45, 7) is 3.25. The predicted octanol–water partition coefficient (Wildman–Crippen LogP) is 0.830. The first-order valence-electron chi connectivity index (χ1n) is 5.43. The van der Waals surface area contributed by atoms with Crippen LogP contribution in [0.25, 0.3) is 0 Å². The molecule has 0 radical (unpaired) electrons.